The Hall–Kier alpha value is -2.14. The van der Waals surface area contributed by atoms with Crippen LogP contribution < -0.4 is 16.2 Å². The lowest BCUT2D eigenvalue weighted by Gasteiger charge is -2.16. The van der Waals surface area contributed by atoms with E-state index in [0.29, 0.717) is 6.54 Å². The summed E-state index contributed by atoms with van der Waals surface area (Å²) in [4.78, 5) is 15.2. The zero-order valence-corrected chi connectivity index (χ0v) is 10.1. The zero-order chi connectivity index (χ0) is 13.0. The Labute approximate surface area is 105 Å². The van der Waals surface area contributed by atoms with Crippen molar-refractivity contribution in [3.63, 3.8) is 0 Å². The monoisotopic (exact) mass is 245 g/mol. The first kappa shape index (κ1) is 12.3. The largest absolute Gasteiger partial charge is 0.496 e. The Morgan fingerprint density at radius 3 is 2.89 bits per heavy atom. The van der Waals surface area contributed by atoms with Crippen LogP contribution in [0.15, 0.2) is 47.5 Å². The van der Waals surface area contributed by atoms with Crippen LogP contribution in [0.3, 0.4) is 0 Å². The summed E-state index contributed by atoms with van der Waals surface area (Å²) in [6.07, 6.45) is 3.14. The fourth-order valence-electron chi connectivity index (χ4n) is 1.81. The number of methoxy groups -OCH3 is 1. The fraction of sp³-hybridized carbons (Fsp3) is 0.231. The van der Waals surface area contributed by atoms with Gasteiger partial charge in [-0.15, -0.1) is 0 Å². The van der Waals surface area contributed by atoms with Gasteiger partial charge in [0, 0.05) is 24.5 Å². The minimum Gasteiger partial charge on any atom is -0.496 e. The van der Waals surface area contributed by atoms with Crippen molar-refractivity contribution in [3.05, 3.63) is 58.8 Å². The maximum atomic E-state index is 11.5. The smallest absolute Gasteiger partial charge is 0.347 e. The molecule has 5 nitrogen and oxygen atoms in total. The lowest BCUT2D eigenvalue weighted by Crippen LogP contribution is -2.27. The van der Waals surface area contributed by atoms with E-state index in [0.717, 1.165) is 11.3 Å². The zero-order valence-electron chi connectivity index (χ0n) is 10.1. The molecule has 2 N–H and O–H groups in total. The molecule has 0 spiro atoms. The molecule has 5 heteroatoms. The first-order chi connectivity index (χ1) is 8.72. The van der Waals surface area contributed by atoms with E-state index in [9.17, 15) is 4.79 Å². The van der Waals surface area contributed by atoms with Crippen LogP contribution in [0, 0.1) is 0 Å². The Kier molecular flexibility index (Phi) is 3.74. The number of hydrogen-bond acceptors (Lipinski definition) is 4. The van der Waals surface area contributed by atoms with Crippen LogP contribution in [-0.4, -0.2) is 16.7 Å². The molecule has 1 heterocycles. The number of nitrogens with two attached hydrogens (primary N) is 1. The SMILES string of the molecule is COc1ccccc1C(N)Cn1cccnc1=O. The summed E-state index contributed by atoms with van der Waals surface area (Å²) in [7, 11) is 1.60. The second kappa shape index (κ2) is 5.46. The van der Waals surface area contributed by atoms with Gasteiger partial charge in [-0.1, -0.05) is 18.2 Å². The molecule has 0 saturated carbocycles. The van der Waals surface area contributed by atoms with Gasteiger partial charge in [0.1, 0.15) is 5.75 Å². The molecule has 94 valence electrons. The number of ether oxygens (including phenoxy) is 1. The van der Waals surface area contributed by atoms with Crippen LogP contribution in [0.25, 0.3) is 0 Å². The molecule has 18 heavy (non-hydrogen) atoms. The molecule has 2 aromatic rings. The number of para-hydroxylation sites is 1. The summed E-state index contributed by atoms with van der Waals surface area (Å²) in [5.41, 5.74) is 6.67. The van der Waals surface area contributed by atoms with Gasteiger partial charge in [0.2, 0.25) is 0 Å². The average Bonchev–Trinajstić information content (AvgIpc) is 2.41. The molecule has 0 aliphatic heterocycles. The molecule has 0 radical (unpaired) electrons. The number of hydrogen-bond donors (Lipinski definition) is 1. The van der Waals surface area contributed by atoms with Gasteiger partial charge in [-0.25, -0.2) is 9.78 Å². The van der Waals surface area contributed by atoms with Crippen molar-refractivity contribution in [2.24, 2.45) is 5.73 Å². The van der Waals surface area contributed by atoms with Crippen molar-refractivity contribution in [2.75, 3.05) is 7.11 Å². The molecule has 0 aliphatic rings. The van der Waals surface area contributed by atoms with Crippen LogP contribution >= 0.6 is 0 Å². The first-order valence-electron chi connectivity index (χ1n) is 5.62. The van der Waals surface area contributed by atoms with E-state index in [1.54, 1.807) is 19.4 Å². The summed E-state index contributed by atoms with van der Waals surface area (Å²) >= 11 is 0. The Morgan fingerprint density at radius 2 is 2.17 bits per heavy atom. The topological polar surface area (TPSA) is 70.1 Å². The molecule has 2 rings (SSSR count). The molecule has 0 amide bonds. The lowest BCUT2D eigenvalue weighted by atomic mass is 10.1. The van der Waals surface area contributed by atoms with E-state index in [1.165, 1.54) is 10.8 Å². The molecule has 0 bridgehead atoms. The van der Waals surface area contributed by atoms with Crippen LogP contribution in [0.2, 0.25) is 0 Å². The van der Waals surface area contributed by atoms with Crippen LogP contribution in [-0.2, 0) is 6.54 Å². The van der Waals surface area contributed by atoms with E-state index in [4.69, 9.17) is 10.5 Å². The van der Waals surface area contributed by atoms with Crippen molar-refractivity contribution in [1.82, 2.24) is 9.55 Å². The van der Waals surface area contributed by atoms with Crippen molar-refractivity contribution < 1.29 is 4.74 Å². The van der Waals surface area contributed by atoms with Gasteiger partial charge in [0.05, 0.1) is 13.2 Å². The molecular weight excluding hydrogens is 230 g/mol. The number of nitrogens with zero attached hydrogens (tertiary/aromatic N) is 2. The van der Waals surface area contributed by atoms with Crippen LogP contribution in [0.4, 0.5) is 0 Å². The van der Waals surface area contributed by atoms with Crippen molar-refractivity contribution >= 4 is 0 Å². The van der Waals surface area contributed by atoms with Crippen molar-refractivity contribution in [3.8, 4) is 5.75 Å². The predicted octanol–water partition coefficient (Wildman–Crippen LogP) is 0.952. The average molecular weight is 245 g/mol. The molecule has 1 unspecified atom stereocenters. The van der Waals surface area contributed by atoms with Gasteiger partial charge in [0.15, 0.2) is 0 Å². The number of benzene rings is 1. The van der Waals surface area contributed by atoms with Crippen LogP contribution in [0.5, 0.6) is 5.75 Å². The second-order valence-corrected chi connectivity index (χ2v) is 3.90. The van der Waals surface area contributed by atoms with Gasteiger partial charge in [0.25, 0.3) is 0 Å². The highest BCUT2D eigenvalue weighted by atomic mass is 16.5. The highest BCUT2D eigenvalue weighted by Crippen LogP contribution is 2.23. The van der Waals surface area contributed by atoms with E-state index < -0.39 is 0 Å². The Balaban J connectivity index is 2.25. The van der Waals surface area contributed by atoms with Gasteiger partial charge in [-0.05, 0) is 12.1 Å². The minimum absolute atomic E-state index is 0.303. The second-order valence-electron chi connectivity index (χ2n) is 3.90. The van der Waals surface area contributed by atoms with Crippen LogP contribution in [0.1, 0.15) is 11.6 Å². The summed E-state index contributed by atoms with van der Waals surface area (Å²) in [6, 6.07) is 8.90. The maximum Gasteiger partial charge on any atom is 0.347 e. The molecule has 0 saturated heterocycles. The minimum atomic E-state index is -0.317. The third-order valence-electron chi connectivity index (χ3n) is 2.71. The lowest BCUT2D eigenvalue weighted by molar-refractivity contribution is 0.401. The van der Waals surface area contributed by atoms with Gasteiger partial charge < -0.3 is 10.5 Å². The third kappa shape index (κ3) is 2.57. The van der Waals surface area contributed by atoms with Crippen molar-refractivity contribution in [1.29, 1.82) is 0 Å². The molecule has 1 aromatic carbocycles. The van der Waals surface area contributed by atoms with E-state index >= 15 is 0 Å². The predicted molar refractivity (Wildman–Crippen MR) is 68.4 cm³/mol. The number of aromatic nitrogens is 2. The quantitative estimate of drug-likeness (QED) is 0.870. The molecule has 1 aromatic heterocycles. The summed E-state index contributed by atoms with van der Waals surface area (Å²) in [5.74, 6) is 0.724. The van der Waals surface area contributed by atoms with Crippen molar-refractivity contribution in [2.45, 2.75) is 12.6 Å². The summed E-state index contributed by atoms with van der Waals surface area (Å²) < 4.78 is 6.73. The highest BCUT2D eigenvalue weighted by Gasteiger charge is 2.12. The maximum absolute atomic E-state index is 11.5. The third-order valence-corrected chi connectivity index (χ3v) is 2.71. The summed E-state index contributed by atoms with van der Waals surface area (Å²) in [5, 5.41) is 0. The molecular formula is C13H15N3O2. The van der Waals surface area contributed by atoms with E-state index in [1.807, 2.05) is 24.3 Å². The molecule has 0 aliphatic carbocycles. The molecule has 1 atom stereocenters. The van der Waals surface area contributed by atoms with E-state index in [2.05, 4.69) is 4.98 Å². The number of rotatable bonds is 4. The normalized spacial score (nSPS) is 12.1. The van der Waals surface area contributed by atoms with Gasteiger partial charge in [-0.3, -0.25) is 4.57 Å². The van der Waals surface area contributed by atoms with Gasteiger partial charge >= 0.3 is 5.69 Å². The highest BCUT2D eigenvalue weighted by molar-refractivity contribution is 5.35. The Bertz CT molecular complexity index is 580. The summed E-state index contributed by atoms with van der Waals surface area (Å²) in [6.45, 7) is 0.368. The standard InChI is InChI=1S/C13H15N3O2/c1-18-12-6-3-2-5-10(12)11(14)9-16-8-4-7-15-13(16)17/h2-8,11H,9,14H2,1H3. The first-order valence-corrected chi connectivity index (χ1v) is 5.62. The van der Waals surface area contributed by atoms with E-state index in [-0.39, 0.29) is 11.7 Å². The Morgan fingerprint density at radius 1 is 1.39 bits per heavy atom. The molecule has 0 fully saturated rings. The fourth-order valence-corrected chi connectivity index (χ4v) is 1.81. The van der Waals surface area contributed by atoms with Gasteiger partial charge in [-0.2, -0.15) is 0 Å².